The van der Waals surface area contributed by atoms with Crippen LogP contribution in [0.25, 0.3) is 0 Å². The highest BCUT2D eigenvalue weighted by atomic mass is 32.1. The Morgan fingerprint density at radius 2 is 2.22 bits per heavy atom. The molecule has 4 N–H and O–H groups in total. The van der Waals surface area contributed by atoms with E-state index in [0.29, 0.717) is 17.8 Å². The predicted octanol–water partition coefficient (Wildman–Crippen LogP) is -0.594. The maximum Gasteiger partial charge on any atom is 0.0775 e. The van der Waals surface area contributed by atoms with Crippen molar-refractivity contribution in [2.75, 3.05) is 6.61 Å². The van der Waals surface area contributed by atoms with Gasteiger partial charge in [0.2, 0.25) is 0 Å². The standard InChI is InChI=1S/C5H11NO2S/c6-5(9)2-1-4(8)3-7/h4,7-8H,1-3H2,(H2,6,9). The molecule has 0 saturated heterocycles. The fourth-order valence-corrected chi connectivity index (χ4v) is 0.518. The Bertz CT molecular complexity index is 97.0. The van der Waals surface area contributed by atoms with Gasteiger partial charge in [0.1, 0.15) is 0 Å². The minimum atomic E-state index is -0.675. The molecule has 1 unspecified atom stereocenters. The van der Waals surface area contributed by atoms with Crippen LogP contribution in [0.5, 0.6) is 0 Å². The average molecular weight is 149 g/mol. The molecule has 1 atom stereocenters. The fraction of sp³-hybridized carbons (Fsp3) is 0.800. The van der Waals surface area contributed by atoms with Crippen molar-refractivity contribution in [3.8, 4) is 0 Å². The summed E-state index contributed by atoms with van der Waals surface area (Å²) in [6.07, 6.45) is 0.273. The van der Waals surface area contributed by atoms with Crippen molar-refractivity contribution in [1.29, 1.82) is 0 Å². The Hall–Kier alpha value is -0.190. The van der Waals surface area contributed by atoms with Crippen LogP contribution < -0.4 is 5.73 Å². The second kappa shape index (κ2) is 4.67. The van der Waals surface area contributed by atoms with Crippen LogP contribution in [-0.2, 0) is 0 Å². The number of nitrogens with two attached hydrogens (primary N) is 1. The molecular weight excluding hydrogens is 138 g/mol. The molecule has 0 aromatic carbocycles. The molecule has 0 bridgehead atoms. The average Bonchev–Trinajstić information content (AvgIpc) is 1.83. The summed E-state index contributed by atoms with van der Waals surface area (Å²) >= 11 is 4.55. The van der Waals surface area contributed by atoms with Gasteiger partial charge >= 0.3 is 0 Å². The molecule has 0 fully saturated rings. The minimum absolute atomic E-state index is 0.220. The van der Waals surface area contributed by atoms with Gasteiger partial charge in [-0.15, -0.1) is 0 Å². The molecule has 9 heavy (non-hydrogen) atoms. The van der Waals surface area contributed by atoms with Crippen LogP contribution >= 0.6 is 12.2 Å². The molecular formula is C5H11NO2S. The van der Waals surface area contributed by atoms with Crippen molar-refractivity contribution in [1.82, 2.24) is 0 Å². The third kappa shape index (κ3) is 5.68. The first-order chi connectivity index (χ1) is 4.16. The van der Waals surface area contributed by atoms with Gasteiger partial charge in [-0.3, -0.25) is 0 Å². The van der Waals surface area contributed by atoms with Gasteiger partial charge in [0, 0.05) is 6.42 Å². The Kier molecular flexibility index (Phi) is 4.57. The molecule has 0 rings (SSSR count). The zero-order valence-corrected chi connectivity index (χ0v) is 5.90. The molecule has 54 valence electrons. The number of aliphatic hydroxyl groups excluding tert-OH is 2. The first-order valence-electron chi connectivity index (χ1n) is 2.74. The third-order valence-electron chi connectivity index (χ3n) is 0.935. The quantitative estimate of drug-likeness (QED) is 0.467. The first-order valence-corrected chi connectivity index (χ1v) is 3.15. The van der Waals surface area contributed by atoms with E-state index < -0.39 is 6.10 Å². The normalized spacial score (nSPS) is 13.1. The van der Waals surface area contributed by atoms with Crippen molar-refractivity contribution >= 4 is 17.2 Å². The monoisotopic (exact) mass is 149 g/mol. The Morgan fingerprint density at radius 3 is 2.56 bits per heavy atom. The van der Waals surface area contributed by atoms with Crippen molar-refractivity contribution in [2.24, 2.45) is 5.73 Å². The lowest BCUT2D eigenvalue weighted by Crippen LogP contribution is -2.16. The van der Waals surface area contributed by atoms with Gasteiger partial charge < -0.3 is 15.9 Å². The highest BCUT2D eigenvalue weighted by Gasteiger charge is 2.00. The lowest BCUT2D eigenvalue weighted by atomic mass is 10.2. The second-order valence-electron chi connectivity index (χ2n) is 1.84. The van der Waals surface area contributed by atoms with E-state index in [1.807, 2.05) is 0 Å². The van der Waals surface area contributed by atoms with Crippen LogP contribution in [0.4, 0.5) is 0 Å². The van der Waals surface area contributed by atoms with E-state index in [2.05, 4.69) is 12.2 Å². The van der Waals surface area contributed by atoms with Crippen LogP contribution in [0, 0.1) is 0 Å². The molecule has 3 nitrogen and oxygen atoms in total. The fourth-order valence-electron chi connectivity index (χ4n) is 0.400. The van der Waals surface area contributed by atoms with E-state index in [9.17, 15) is 0 Å². The second-order valence-corrected chi connectivity index (χ2v) is 2.37. The van der Waals surface area contributed by atoms with Crippen LogP contribution in [0.15, 0.2) is 0 Å². The number of hydrogen-bond acceptors (Lipinski definition) is 3. The van der Waals surface area contributed by atoms with Crippen molar-refractivity contribution < 1.29 is 10.2 Å². The van der Waals surface area contributed by atoms with Gasteiger partial charge in [0.05, 0.1) is 17.7 Å². The predicted molar refractivity (Wildman–Crippen MR) is 39.1 cm³/mol. The third-order valence-corrected chi connectivity index (χ3v) is 1.14. The van der Waals surface area contributed by atoms with E-state index in [4.69, 9.17) is 15.9 Å². The highest BCUT2D eigenvalue weighted by molar-refractivity contribution is 7.80. The summed E-state index contributed by atoms with van der Waals surface area (Å²) < 4.78 is 0. The van der Waals surface area contributed by atoms with Crippen LogP contribution in [-0.4, -0.2) is 27.9 Å². The molecule has 0 aliphatic carbocycles. The van der Waals surface area contributed by atoms with Crippen molar-refractivity contribution in [3.05, 3.63) is 0 Å². The maximum atomic E-state index is 8.74. The highest BCUT2D eigenvalue weighted by Crippen LogP contribution is 1.94. The minimum Gasteiger partial charge on any atom is -0.394 e. The molecule has 0 spiro atoms. The van der Waals surface area contributed by atoms with E-state index in [-0.39, 0.29) is 6.61 Å². The van der Waals surface area contributed by atoms with Crippen LogP contribution in [0.3, 0.4) is 0 Å². The summed E-state index contributed by atoms with van der Waals surface area (Å²) in [7, 11) is 0. The van der Waals surface area contributed by atoms with Gasteiger partial charge in [-0.2, -0.15) is 0 Å². The molecule has 0 amide bonds. The molecule has 0 aromatic rings. The smallest absolute Gasteiger partial charge is 0.0775 e. The molecule has 0 aliphatic heterocycles. The van der Waals surface area contributed by atoms with Gasteiger partial charge in [-0.25, -0.2) is 0 Å². The van der Waals surface area contributed by atoms with E-state index in [1.165, 1.54) is 0 Å². The molecule has 0 aromatic heterocycles. The molecule has 0 saturated carbocycles. The summed E-state index contributed by atoms with van der Waals surface area (Å²) in [6.45, 7) is -0.220. The Morgan fingerprint density at radius 1 is 1.67 bits per heavy atom. The number of thiocarbonyl (C=S) groups is 1. The van der Waals surface area contributed by atoms with E-state index in [0.717, 1.165) is 0 Å². The van der Waals surface area contributed by atoms with Crippen molar-refractivity contribution in [2.45, 2.75) is 18.9 Å². The summed E-state index contributed by atoms with van der Waals surface area (Å²) in [5.41, 5.74) is 5.13. The number of rotatable bonds is 4. The zero-order valence-electron chi connectivity index (χ0n) is 5.08. The Labute approximate surface area is 59.5 Å². The van der Waals surface area contributed by atoms with Gasteiger partial charge in [0.15, 0.2) is 0 Å². The largest absolute Gasteiger partial charge is 0.394 e. The molecule has 0 aliphatic rings. The topological polar surface area (TPSA) is 66.5 Å². The summed E-state index contributed by atoms with van der Waals surface area (Å²) in [4.78, 5) is 0.377. The Balaban J connectivity index is 3.16. The van der Waals surface area contributed by atoms with Gasteiger partial charge in [0.25, 0.3) is 0 Å². The summed E-state index contributed by atoms with van der Waals surface area (Å²) in [5.74, 6) is 0. The molecule has 0 radical (unpaired) electrons. The molecule has 4 heteroatoms. The maximum absolute atomic E-state index is 8.74. The summed E-state index contributed by atoms with van der Waals surface area (Å²) in [6, 6.07) is 0. The zero-order chi connectivity index (χ0) is 7.28. The van der Waals surface area contributed by atoms with E-state index in [1.54, 1.807) is 0 Å². The van der Waals surface area contributed by atoms with Crippen LogP contribution in [0.2, 0.25) is 0 Å². The lowest BCUT2D eigenvalue weighted by Gasteiger charge is -2.03. The molecule has 0 heterocycles. The summed E-state index contributed by atoms with van der Waals surface area (Å²) in [5, 5.41) is 17.1. The SMILES string of the molecule is NC(=S)CCC(O)CO. The number of aliphatic hydroxyl groups is 2. The van der Waals surface area contributed by atoms with E-state index >= 15 is 0 Å². The number of hydrogen-bond donors (Lipinski definition) is 3. The van der Waals surface area contributed by atoms with Crippen molar-refractivity contribution in [3.63, 3.8) is 0 Å². The lowest BCUT2D eigenvalue weighted by molar-refractivity contribution is 0.0900. The van der Waals surface area contributed by atoms with Gasteiger partial charge in [-0.1, -0.05) is 12.2 Å². The van der Waals surface area contributed by atoms with Crippen LogP contribution in [0.1, 0.15) is 12.8 Å². The first kappa shape index (κ1) is 8.81. The van der Waals surface area contributed by atoms with Gasteiger partial charge in [-0.05, 0) is 6.42 Å².